The van der Waals surface area contributed by atoms with Gasteiger partial charge >= 0.3 is 0 Å². The molecule has 134 valence electrons. The van der Waals surface area contributed by atoms with Crippen LogP contribution < -0.4 is 10.2 Å². The average molecular weight is 413 g/mol. The van der Waals surface area contributed by atoms with Crippen LogP contribution in [-0.4, -0.2) is 18.4 Å². The Kier molecular flexibility index (Phi) is 4.81. The minimum absolute atomic E-state index is 0.0130. The van der Waals surface area contributed by atoms with Gasteiger partial charge in [0, 0.05) is 16.6 Å². The second-order valence-electron chi connectivity index (χ2n) is 6.96. The molecule has 2 aliphatic rings. The number of aryl methyl sites for hydroxylation is 2. The largest absolute Gasteiger partial charge is 0.348 e. The SMILES string of the molecule is O=C(CN1C(=O)CCc2cc(Br)ccc21)NC1CCCc2ccccc21. The standard InChI is InChI=1S/C21H21BrN2O2/c22-16-9-10-19-15(12-16)8-11-21(26)24(19)13-20(25)23-18-7-3-5-14-4-1-2-6-17(14)18/h1-2,4,6,9-10,12,18H,3,5,7-8,11,13H2,(H,23,25). The normalized spacial score (nSPS) is 18.9. The molecular weight excluding hydrogens is 392 g/mol. The average Bonchev–Trinajstić information content (AvgIpc) is 2.64. The minimum atomic E-state index is -0.101. The number of carbonyl (C=O) groups excluding carboxylic acids is 2. The van der Waals surface area contributed by atoms with E-state index in [4.69, 9.17) is 0 Å². The highest BCUT2D eigenvalue weighted by Gasteiger charge is 2.28. The van der Waals surface area contributed by atoms with E-state index in [1.54, 1.807) is 4.90 Å². The summed E-state index contributed by atoms with van der Waals surface area (Å²) in [6.07, 6.45) is 4.25. The molecule has 0 spiro atoms. The molecule has 1 atom stereocenters. The summed E-state index contributed by atoms with van der Waals surface area (Å²) in [4.78, 5) is 26.7. The van der Waals surface area contributed by atoms with Gasteiger partial charge in [0.25, 0.3) is 0 Å². The van der Waals surface area contributed by atoms with Gasteiger partial charge in [-0.3, -0.25) is 9.59 Å². The minimum Gasteiger partial charge on any atom is -0.348 e. The Morgan fingerprint density at radius 2 is 1.96 bits per heavy atom. The van der Waals surface area contributed by atoms with Crippen molar-refractivity contribution in [1.82, 2.24) is 5.32 Å². The van der Waals surface area contributed by atoms with Gasteiger partial charge in [-0.25, -0.2) is 0 Å². The molecule has 1 aliphatic carbocycles. The van der Waals surface area contributed by atoms with E-state index in [1.165, 1.54) is 11.1 Å². The van der Waals surface area contributed by atoms with Crippen LogP contribution in [0.15, 0.2) is 46.9 Å². The lowest BCUT2D eigenvalue weighted by Crippen LogP contribution is -2.44. The number of halogens is 1. The predicted molar refractivity (Wildman–Crippen MR) is 105 cm³/mol. The second kappa shape index (κ2) is 7.23. The maximum atomic E-state index is 12.7. The summed E-state index contributed by atoms with van der Waals surface area (Å²) in [5, 5.41) is 3.14. The summed E-state index contributed by atoms with van der Waals surface area (Å²) >= 11 is 3.47. The first-order valence-corrected chi connectivity index (χ1v) is 9.87. The van der Waals surface area contributed by atoms with Crippen molar-refractivity contribution in [2.45, 2.75) is 38.1 Å². The molecule has 5 heteroatoms. The first-order chi connectivity index (χ1) is 12.6. The number of fused-ring (bicyclic) bond motifs is 2. The van der Waals surface area contributed by atoms with Crippen molar-refractivity contribution in [2.24, 2.45) is 0 Å². The van der Waals surface area contributed by atoms with Gasteiger partial charge in [0.2, 0.25) is 11.8 Å². The highest BCUT2D eigenvalue weighted by atomic mass is 79.9. The zero-order valence-electron chi connectivity index (χ0n) is 14.5. The lowest BCUT2D eigenvalue weighted by molar-refractivity contribution is -0.124. The third kappa shape index (κ3) is 3.40. The van der Waals surface area contributed by atoms with Gasteiger partial charge in [0.05, 0.1) is 6.04 Å². The molecule has 2 aromatic rings. The summed E-state index contributed by atoms with van der Waals surface area (Å²) in [5.41, 5.74) is 4.48. The van der Waals surface area contributed by atoms with E-state index in [9.17, 15) is 9.59 Å². The molecule has 0 saturated carbocycles. The van der Waals surface area contributed by atoms with Crippen LogP contribution in [0.3, 0.4) is 0 Å². The zero-order valence-corrected chi connectivity index (χ0v) is 16.1. The molecule has 1 N–H and O–H groups in total. The van der Waals surface area contributed by atoms with Crippen LogP contribution in [0.5, 0.6) is 0 Å². The molecule has 1 heterocycles. The Morgan fingerprint density at radius 1 is 1.12 bits per heavy atom. The van der Waals surface area contributed by atoms with Crippen LogP contribution in [0.4, 0.5) is 5.69 Å². The number of carbonyl (C=O) groups is 2. The molecular formula is C21H21BrN2O2. The van der Waals surface area contributed by atoms with E-state index in [2.05, 4.69) is 33.4 Å². The van der Waals surface area contributed by atoms with Gasteiger partial charge in [-0.2, -0.15) is 0 Å². The van der Waals surface area contributed by atoms with E-state index < -0.39 is 0 Å². The maximum Gasteiger partial charge on any atom is 0.240 e. The number of rotatable bonds is 3. The van der Waals surface area contributed by atoms with Crippen LogP contribution >= 0.6 is 15.9 Å². The summed E-state index contributed by atoms with van der Waals surface area (Å²) in [7, 11) is 0. The predicted octanol–water partition coefficient (Wildman–Crippen LogP) is 3.92. The molecule has 26 heavy (non-hydrogen) atoms. The first-order valence-electron chi connectivity index (χ1n) is 9.08. The monoisotopic (exact) mass is 412 g/mol. The highest BCUT2D eigenvalue weighted by Crippen LogP contribution is 2.31. The molecule has 0 saturated heterocycles. The van der Waals surface area contributed by atoms with E-state index in [-0.39, 0.29) is 24.4 Å². The van der Waals surface area contributed by atoms with E-state index in [0.29, 0.717) is 6.42 Å². The molecule has 1 aliphatic heterocycles. The van der Waals surface area contributed by atoms with Crippen LogP contribution in [-0.2, 0) is 22.4 Å². The Hall–Kier alpha value is -2.14. The number of nitrogens with zero attached hydrogens (tertiary/aromatic N) is 1. The summed E-state index contributed by atoms with van der Waals surface area (Å²) < 4.78 is 0.994. The van der Waals surface area contributed by atoms with E-state index >= 15 is 0 Å². The van der Waals surface area contributed by atoms with Crippen molar-refractivity contribution in [3.05, 3.63) is 63.6 Å². The fourth-order valence-corrected chi connectivity index (χ4v) is 4.40. The smallest absolute Gasteiger partial charge is 0.240 e. The molecule has 0 fully saturated rings. The molecule has 2 aromatic carbocycles. The zero-order chi connectivity index (χ0) is 18.1. The van der Waals surface area contributed by atoms with E-state index in [0.717, 1.165) is 41.4 Å². The molecule has 4 nitrogen and oxygen atoms in total. The third-order valence-electron chi connectivity index (χ3n) is 5.25. The number of amides is 2. The topological polar surface area (TPSA) is 49.4 Å². The maximum absolute atomic E-state index is 12.7. The van der Waals surface area contributed by atoms with Gasteiger partial charge in [-0.05, 0) is 60.6 Å². The van der Waals surface area contributed by atoms with Crippen molar-refractivity contribution in [1.29, 1.82) is 0 Å². The van der Waals surface area contributed by atoms with Gasteiger partial charge < -0.3 is 10.2 Å². The van der Waals surface area contributed by atoms with Gasteiger partial charge in [0.15, 0.2) is 0 Å². The van der Waals surface area contributed by atoms with Crippen molar-refractivity contribution < 1.29 is 9.59 Å². The van der Waals surface area contributed by atoms with Gasteiger partial charge in [0.1, 0.15) is 6.54 Å². The summed E-state index contributed by atoms with van der Waals surface area (Å²) in [6, 6.07) is 14.2. The number of hydrogen-bond acceptors (Lipinski definition) is 2. The number of benzene rings is 2. The van der Waals surface area contributed by atoms with Crippen LogP contribution in [0.25, 0.3) is 0 Å². The first kappa shape index (κ1) is 17.3. The Morgan fingerprint density at radius 3 is 2.85 bits per heavy atom. The Balaban J connectivity index is 1.50. The second-order valence-corrected chi connectivity index (χ2v) is 7.88. The molecule has 0 bridgehead atoms. The van der Waals surface area contributed by atoms with Gasteiger partial charge in [-0.1, -0.05) is 40.2 Å². The number of nitrogens with one attached hydrogen (secondary N) is 1. The Labute approximate surface area is 161 Å². The fraction of sp³-hybridized carbons (Fsp3) is 0.333. The van der Waals surface area contributed by atoms with Crippen molar-refractivity contribution in [3.63, 3.8) is 0 Å². The third-order valence-corrected chi connectivity index (χ3v) is 5.74. The lowest BCUT2D eigenvalue weighted by atomic mass is 9.88. The van der Waals surface area contributed by atoms with Crippen LogP contribution in [0.2, 0.25) is 0 Å². The molecule has 4 rings (SSSR count). The van der Waals surface area contributed by atoms with Crippen molar-refractivity contribution >= 4 is 33.4 Å². The molecule has 0 aromatic heterocycles. The summed E-state index contributed by atoms with van der Waals surface area (Å²) in [5.74, 6) is -0.0881. The quantitative estimate of drug-likeness (QED) is 0.829. The van der Waals surface area contributed by atoms with Crippen LogP contribution in [0.1, 0.15) is 42.0 Å². The van der Waals surface area contributed by atoms with Crippen molar-refractivity contribution in [2.75, 3.05) is 11.4 Å². The molecule has 1 unspecified atom stereocenters. The Bertz CT molecular complexity index is 865. The lowest BCUT2D eigenvalue weighted by Gasteiger charge is -2.31. The van der Waals surface area contributed by atoms with Crippen molar-refractivity contribution in [3.8, 4) is 0 Å². The van der Waals surface area contributed by atoms with Gasteiger partial charge in [-0.15, -0.1) is 0 Å². The number of hydrogen-bond donors (Lipinski definition) is 1. The van der Waals surface area contributed by atoms with Crippen LogP contribution in [0, 0.1) is 0 Å². The summed E-state index contributed by atoms with van der Waals surface area (Å²) in [6.45, 7) is 0.0755. The molecule has 2 amide bonds. The number of anilines is 1. The molecule has 0 radical (unpaired) electrons. The fourth-order valence-electron chi connectivity index (χ4n) is 3.99. The van der Waals surface area contributed by atoms with E-state index in [1.807, 2.05) is 30.3 Å². The highest BCUT2D eigenvalue weighted by molar-refractivity contribution is 9.10.